The van der Waals surface area contributed by atoms with Crippen LogP contribution in [0.2, 0.25) is 5.02 Å². The van der Waals surface area contributed by atoms with E-state index >= 15 is 0 Å². The van der Waals surface area contributed by atoms with Gasteiger partial charge >= 0.3 is 6.61 Å². The summed E-state index contributed by atoms with van der Waals surface area (Å²) in [6.45, 7) is -1.05. The van der Waals surface area contributed by atoms with Crippen LogP contribution in [0.3, 0.4) is 0 Å². The average molecular weight is 677 g/mol. The van der Waals surface area contributed by atoms with Crippen LogP contribution in [0.4, 0.5) is 14.5 Å². The Morgan fingerprint density at radius 2 is 1.92 bits per heavy atom. The predicted molar refractivity (Wildman–Crippen MR) is 177 cm³/mol. The molecule has 1 N–H and O–H groups in total. The molecule has 0 aliphatic carbocycles. The van der Waals surface area contributed by atoms with Crippen molar-refractivity contribution in [2.45, 2.75) is 44.9 Å². The SMILES string of the molecule is CN(CCCc1ccccc1)C1CCN(C(=O)Cn2cc(NC(=O)c3cnn4cccnc34)c(-c3cc(Cl)ccc3OC(F)F)n2)CC1. The molecule has 14 heteroatoms. The lowest BCUT2D eigenvalue weighted by Crippen LogP contribution is -2.46. The third kappa shape index (κ3) is 7.80. The maximum Gasteiger partial charge on any atom is 0.387 e. The van der Waals surface area contributed by atoms with Crippen molar-refractivity contribution in [1.29, 1.82) is 0 Å². The lowest BCUT2D eigenvalue weighted by molar-refractivity contribution is -0.133. The fourth-order valence-corrected chi connectivity index (χ4v) is 6.18. The van der Waals surface area contributed by atoms with Gasteiger partial charge in [-0.2, -0.15) is 19.0 Å². The number of halogens is 3. The first-order chi connectivity index (χ1) is 23.2. The van der Waals surface area contributed by atoms with Crippen molar-refractivity contribution >= 4 is 34.7 Å². The molecular formula is C34H35ClF2N8O3. The van der Waals surface area contributed by atoms with Crippen molar-refractivity contribution in [3.05, 3.63) is 95.5 Å². The summed E-state index contributed by atoms with van der Waals surface area (Å²) in [5, 5.41) is 11.7. The predicted octanol–water partition coefficient (Wildman–Crippen LogP) is 5.66. The molecule has 0 bridgehead atoms. The standard InChI is InChI=1S/C34H35ClF2N8O3/c1-42(15-5-9-23-7-3-2-4-8-23)25-12-17-43(18-13-25)30(46)22-44-21-28(40-33(47)27-20-39-45-16-6-14-38-32(27)45)31(41-44)26-19-24(35)10-11-29(26)48-34(36)37/h2-4,6-8,10-11,14,16,19-21,25,34H,5,9,12-13,15,17-18,22H2,1H3,(H,40,47). The Balaban J connectivity index is 1.16. The molecule has 1 fully saturated rings. The average Bonchev–Trinajstić information content (AvgIpc) is 3.70. The van der Waals surface area contributed by atoms with Gasteiger partial charge in [0.15, 0.2) is 5.65 Å². The third-order valence-electron chi connectivity index (χ3n) is 8.50. The van der Waals surface area contributed by atoms with E-state index in [2.05, 4.69) is 56.7 Å². The van der Waals surface area contributed by atoms with Crippen LogP contribution in [0.5, 0.6) is 5.75 Å². The number of ether oxygens (including phenoxy) is 1. The summed E-state index contributed by atoms with van der Waals surface area (Å²) in [6, 6.07) is 16.6. The lowest BCUT2D eigenvalue weighted by atomic mass is 10.0. The molecule has 5 aromatic rings. The summed E-state index contributed by atoms with van der Waals surface area (Å²) in [5.41, 5.74) is 2.24. The number of benzene rings is 2. The second-order valence-electron chi connectivity index (χ2n) is 11.7. The van der Waals surface area contributed by atoms with Gasteiger partial charge < -0.3 is 19.9 Å². The fourth-order valence-electron chi connectivity index (χ4n) is 6.01. The summed E-state index contributed by atoms with van der Waals surface area (Å²) in [7, 11) is 2.14. The van der Waals surface area contributed by atoms with Gasteiger partial charge in [-0.25, -0.2) is 9.50 Å². The number of amides is 2. The van der Waals surface area contributed by atoms with Crippen LogP contribution >= 0.6 is 11.6 Å². The number of carbonyl (C=O) groups excluding carboxylic acids is 2. The van der Waals surface area contributed by atoms with E-state index in [1.165, 1.54) is 51.6 Å². The largest absolute Gasteiger partial charge is 0.434 e. The number of alkyl halides is 2. The Kier molecular flexibility index (Phi) is 10.3. The van der Waals surface area contributed by atoms with Gasteiger partial charge in [0, 0.05) is 48.3 Å². The number of carbonyl (C=O) groups is 2. The topological polar surface area (TPSA) is 110 Å². The molecular weight excluding hydrogens is 642 g/mol. The lowest BCUT2D eigenvalue weighted by Gasteiger charge is -2.36. The number of fused-ring (bicyclic) bond motifs is 1. The second kappa shape index (κ2) is 14.9. The van der Waals surface area contributed by atoms with Crippen LogP contribution in [-0.4, -0.2) is 85.3 Å². The van der Waals surface area contributed by atoms with E-state index in [0.29, 0.717) is 24.8 Å². The first-order valence-electron chi connectivity index (χ1n) is 15.7. The summed E-state index contributed by atoms with van der Waals surface area (Å²) < 4.78 is 34.3. The third-order valence-corrected chi connectivity index (χ3v) is 8.74. The molecule has 0 spiro atoms. The van der Waals surface area contributed by atoms with Crippen LogP contribution in [0.25, 0.3) is 16.9 Å². The maximum atomic E-state index is 13.5. The molecule has 250 valence electrons. The summed E-state index contributed by atoms with van der Waals surface area (Å²) in [6.07, 6.45) is 9.84. The molecule has 0 unspecified atom stereocenters. The van der Waals surface area contributed by atoms with Crippen molar-refractivity contribution in [2.75, 3.05) is 32.0 Å². The van der Waals surface area contributed by atoms with Crippen molar-refractivity contribution in [1.82, 2.24) is 34.2 Å². The van der Waals surface area contributed by atoms with Crippen molar-refractivity contribution in [3.8, 4) is 17.0 Å². The number of aromatic nitrogens is 5. The van der Waals surface area contributed by atoms with Gasteiger partial charge in [0.25, 0.3) is 5.91 Å². The molecule has 3 aromatic heterocycles. The van der Waals surface area contributed by atoms with E-state index in [1.54, 1.807) is 12.3 Å². The highest BCUT2D eigenvalue weighted by molar-refractivity contribution is 6.31. The summed E-state index contributed by atoms with van der Waals surface area (Å²) >= 11 is 6.24. The molecule has 48 heavy (non-hydrogen) atoms. The highest BCUT2D eigenvalue weighted by atomic mass is 35.5. The van der Waals surface area contributed by atoms with E-state index < -0.39 is 12.5 Å². The molecule has 0 saturated carbocycles. The van der Waals surface area contributed by atoms with Crippen LogP contribution in [0.15, 0.2) is 79.4 Å². The zero-order valence-electron chi connectivity index (χ0n) is 26.3. The molecule has 0 atom stereocenters. The zero-order chi connectivity index (χ0) is 33.6. The normalized spacial score (nSPS) is 13.8. The first-order valence-corrected chi connectivity index (χ1v) is 16.1. The summed E-state index contributed by atoms with van der Waals surface area (Å²) in [4.78, 5) is 35.3. The Morgan fingerprint density at radius 1 is 1.12 bits per heavy atom. The Hall–Kier alpha value is -4.88. The fraction of sp³-hybridized carbons (Fsp3) is 0.324. The minimum Gasteiger partial charge on any atom is -0.434 e. The smallest absolute Gasteiger partial charge is 0.387 e. The van der Waals surface area contributed by atoms with E-state index in [0.717, 1.165) is 32.2 Å². The van der Waals surface area contributed by atoms with Gasteiger partial charge in [-0.1, -0.05) is 41.9 Å². The van der Waals surface area contributed by atoms with Crippen molar-refractivity contribution < 1.29 is 23.1 Å². The van der Waals surface area contributed by atoms with E-state index in [9.17, 15) is 18.4 Å². The second-order valence-corrected chi connectivity index (χ2v) is 12.1. The van der Waals surface area contributed by atoms with Crippen LogP contribution in [0, 0.1) is 0 Å². The molecule has 4 heterocycles. The Labute approximate surface area is 281 Å². The molecule has 1 aliphatic heterocycles. The molecule has 1 aliphatic rings. The Morgan fingerprint density at radius 3 is 2.69 bits per heavy atom. The Bertz CT molecular complexity index is 1870. The zero-order valence-corrected chi connectivity index (χ0v) is 27.1. The molecule has 0 radical (unpaired) electrons. The number of likely N-dealkylation sites (tertiary alicyclic amines) is 1. The van der Waals surface area contributed by atoms with Gasteiger partial charge in [0.05, 0.1) is 11.9 Å². The number of hydrogen-bond acceptors (Lipinski definition) is 7. The number of piperidine rings is 1. The summed E-state index contributed by atoms with van der Waals surface area (Å²) in [5.74, 6) is -0.882. The number of aryl methyl sites for hydroxylation is 1. The molecule has 2 aromatic carbocycles. The number of anilines is 1. The minimum atomic E-state index is -3.11. The van der Waals surface area contributed by atoms with E-state index in [1.807, 2.05) is 11.0 Å². The molecule has 2 amide bonds. The van der Waals surface area contributed by atoms with Gasteiger partial charge in [-0.05, 0) is 69.1 Å². The number of nitrogens with one attached hydrogen (secondary N) is 1. The monoisotopic (exact) mass is 676 g/mol. The maximum absolute atomic E-state index is 13.5. The van der Waals surface area contributed by atoms with Crippen LogP contribution in [-0.2, 0) is 17.8 Å². The van der Waals surface area contributed by atoms with Crippen molar-refractivity contribution in [2.24, 2.45) is 0 Å². The number of hydrogen-bond donors (Lipinski definition) is 1. The van der Waals surface area contributed by atoms with E-state index in [-0.39, 0.29) is 45.7 Å². The minimum absolute atomic E-state index is 0.106. The van der Waals surface area contributed by atoms with Gasteiger partial charge in [-0.3, -0.25) is 14.3 Å². The molecule has 6 rings (SSSR count). The van der Waals surface area contributed by atoms with Gasteiger partial charge in [-0.15, -0.1) is 0 Å². The number of nitrogens with zero attached hydrogens (tertiary/aromatic N) is 7. The number of rotatable bonds is 12. The molecule has 11 nitrogen and oxygen atoms in total. The van der Waals surface area contributed by atoms with Crippen LogP contribution < -0.4 is 10.1 Å². The highest BCUT2D eigenvalue weighted by Gasteiger charge is 2.27. The van der Waals surface area contributed by atoms with Crippen LogP contribution in [0.1, 0.15) is 35.2 Å². The first kappa shape index (κ1) is 33.0. The van der Waals surface area contributed by atoms with Gasteiger partial charge in [0.2, 0.25) is 5.91 Å². The molecule has 1 saturated heterocycles. The van der Waals surface area contributed by atoms with Gasteiger partial charge in [0.1, 0.15) is 23.6 Å². The van der Waals surface area contributed by atoms with Crippen molar-refractivity contribution in [3.63, 3.8) is 0 Å². The van der Waals surface area contributed by atoms with E-state index in [4.69, 9.17) is 16.3 Å². The highest BCUT2D eigenvalue weighted by Crippen LogP contribution is 2.37. The quantitative estimate of drug-likeness (QED) is 0.182.